The van der Waals surface area contributed by atoms with Gasteiger partial charge in [0.15, 0.2) is 12.4 Å². The number of hydrogen-bond acceptors (Lipinski definition) is 4. The number of aryl methyl sites for hydroxylation is 1. The van der Waals surface area contributed by atoms with Crippen molar-refractivity contribution < 1.29 is 4.57 Å². The van der Waals surface area contributed by atoms with Crippen molar-refractivity contribution in [2.24, 2.45) is 12.0 Å². The molecule has 0 aliphatic rings. The molecule has 2 heterocycles. The molecule has 1 radical (unpaired) electrons. The molecule has 2 aromatic carbocycles. The molecule has 0 amide bonds. The fourth-order valence-corrected chi connectivity index (χ4v) is 3.08. The van der Waals surface area contributed by atoms with Gasteiger partial charge >= 0.3 is 0 Å². The third-order valence-corrected chi connectivity index (χ3v) is 4.22. The Hall–Kier alpha value is -4.14. The van der Waals surface area contributed by atoms with Gasteiger partial charge in [0.2, 0.25) is 6.19 Å². The monoisotopic (exact) mass is 350 g/mol. The van der Waals surface area contributed by atoms with Gasteiger partial charge in [0.25, 0.3) is 0 Å². The van der Waals surface area contributed by atoms with E-state index < -0.39 is 0 Å². The summed E-state index contributed by atoms with van der Waals surface area (Å²) in [6, 6.07) is 13.0. The molecule has 7 nitrogen and oxygen atoms in total. The minimum atomic E-state index is 0.426. The normalized spacial score (nSPS) is 10.4. The number of aromatic nitrogens is 3. The molecule has 0 spiro atoms. The molecular formula is C20H12N7. The van der Waals surface area contributed by atoms with E-state index >= 15 is 0 Å². The van der Waals surface area contributed by atoms with Gasteiger partial charge in [-0.25, -0.2) is 14.5 Å². The van der Waals surface area contributed by atoms with E-state index in [1.54, 1.807) is 6.20 Å². The van der Waals surface area contributed by atoms with Gasteiger partial charge in [-0.3, -0.25) is 0 Å². The van der Waals surface area contributed by atoms with Gasteiger partial charge < -0.3 is 10.4 Å². The molecule has 127 valence electrons. The van der Waals surface area contributed by atoms with Crippen molar-refractivity contribution in [1.82, 2.24) is 15.3 Å². The first kappa shape index (κ1) is 16.3. The molecule has 0 bridgehead atoms. The summed E-state index contributed by atoms with van der Waals surface area (Å²) >= 11 is 0. The van der Waals surface area contributed by atoms with Crippen LogP contribution in [0, 0.1) is 11.5 Å². The minimum absolute atomic E-state index is 0.426. The molecule has 0 unspecified atom stereocenters. The molecule has 27 heavy (non-hydrogen) atoms. The molecule has 0 aliphatic carbocycles. The fourth-order valence-electron chi connectivity index (χ4n) is 3.08. The number of aliphatic imine (C=N–C) groups is 1. The average Bonchev–Trinajstić information content (AvgIpc) is 2.70. The van der Waals surface area contributed by atoms with Gasteiger partial charge in [-0.2, -0.15) is 16.6 Å². The highest BCUT2D eigenvalue weighted by molar-refractivity contribution is 6.15. The lowest BCUT2D eigenvalue weighted by Crippen LogP contribution is -2.26. The van der Waals surface area contributed by atoms with Crippen LogP contribution in [-0.2, 0) is 7.05 Å². The second kappa shape index (κ2) is 6.64. The summed E-state index contributed by atoms with van der Waals surface area (Å²) in [6.07, 6.45) is 7.32. The first-order valence-electron chi connectivity index (χ1n) is 8.09. The van der Waals surface area contributed by atoms with Crippen molar-refractivity contribution in [3.63, 3.8) is 0 Å². The van der Waals surface area contributed by atoms with Gasteiger partial charge in [-0.15, -0.1) is 0 Å². The maximum absolute atomic E-state index is 9.19. The molecule has 0 aliphatic heterocycles. The van der Waals surface area contributed by atoms with Gasteiger partial charge in [-0.1, -0.05) is 24.3 Å². The van der Waals surface area contributed by atoms with Crippen LogP contribution in [0.15, 0.2) is 60.0 Å². The molecule has 4 aromatic rings. The number of nitriles is 1. The number of hydrogen-bond donors (Lipinski definition) is 0. The van der Waals surface area contributed by atoms with Crippen LogP contribution in [0.4, 0.5) is 11.4 Å². The fraction of sp³-hybridized carbons (Fsp3) is 0.0500. The van der Waals surface area contributed by atoms with E-state index in [1.165, 1.54) is 0 Å². The Bertz CT molecular complexity index is 1280. The SMILES string of the molecule is C[n+]1cccc(-c2cnc3c([N]C#N)c4ccccc4c(N=C=[N-])c3n2)c1. The lowest BCUT2D eigenvalue weighted by Gasteiger charge is -2.14. The smallest absolute Gasteiger partial charge is 0.206 e. The van der Waals surface area contributed by atoms with Crippen molar-refractivity contribution in [2.75, 3.05) is 0 Å². The zero-order chi connectivity index (χ0) is 18.8. The Kier molecular flexibility index (Phi) is 4.01. The number of benzene rings is 2. The predicted molar refractivity (Wildman–Crippen MR) is 102 cm³/mol. The Labute approximate surface area is 154 Å². The van der Waals surface area contributed by atoms with Gasteiger partial charge in [0, 0.05) is 17.1 Å². The summed E-state index contributed by atoms with van der Waals surface area (Å²) < 4.78 is 1.92. The standard InChI is InChI=1S/C20H12N7/c1-27-8-4-5-13(10-27)16-9-23-19-17(24-11-21)14-6-2-3-7-15(14)18(25-12-22)20(19)26-16/h2-10H,1H3. The molecular weight excluding hydrogens is 338 g/mol. The maximum Gasteiger partial charge on any atom is 0.206 e. The quantitative estimate of drug-likeness (QED) is 0.245. The van der Waals surface area contributed by atoms with E-state index in [9.17, 15) is 5.41 Å². The molecule has 2 aromatic heterocycles. The second-order valence-electron chi connectivity index (χ2n) is 5.88. The van der Waals surface area contributed by atoms with E-state index in [-0.39, 0.29) is 0 Å². The van der Waals surface area contributed by atoms with Crippen LogP contribution in [-0.4, -0.2) is 16.0 Å². The summed E-state index contributed by atoms with van der Waals surface area (Å²) in [5.41, 5.74) is 3.25. The number of nitrogens with zero attached hydrogens (tertiary/aromatic N) is 7. The molecule has 0 N–H and O–H groups in total. The maximum atomic E-state index is 9.19. The topological polar surface area (TPSA) is 102 Å². The molecule has 0 fully saturated rings. The summed E-state index contributed by atoms with van der Waals surface area (Å²) in [6.45, 7) is 0. The van der Waals surface area contributed by atoms with Crippen LogP contribution in [0.1, 0.15) is 0 Å². The van der Waals surface area contributed by atoms with Crippen molar-refractivity contribution in [2.45, 2.75) is 0 Å². The van der Waals surface area contributed by atoms with Gasteiger partial charge in [0.1, 0.15) is 18.3 Å². The minimum Gasteiger partial charge on any atom is -0.422 e. The molecule has 0 atom stereocenters. The number of pyridine rings is 1. The Morgan fingerprint density at radius 3 is 2.56 bits per heavy atom. The third kappa shape index (κ3) is 2.76. The number of fused-ring (bicyclic) bond motifs is 2. The van der Waals surface area contributed by atoms with Crippen LogP contribution >= 0.6 is 0 Å². The third-order valence-electron chi connectivity index (χ3n) is 4.22. The van der Waals surface area contributed by atoms with Crippen LogP contribution in [0.25, 0.3) is 38.5 Å². The van der Waals surface area contributed by atoms with Crippen molar-refractivity contribution in [3.8, 4) is 17.5 Å². The Morgan fingerprint density at radius 2 is 1.85 bits per heavy atom. The molecule has 0 saturated heterocycles. The van der Waals surface area contributed by atoms with E-state index in [1.807, 2.05) is 72.6 Å². The lowest BCUT2D eigenvalue weighted by atomic mass is 10.0. The summed E-state index contributed by atoms with van der Waals surface area (Å²) in [5.74, 6) is 0. The Morgan fingerprint density at radius 1 is 1.07 bits per heavy atom. The number of rotatable bonds is 3. The molecule has 0 saturated carbocycles. The van der Waals surface area contributed by atoms with Crippen molar-refractivity contribution in [3.05, 3.63) is 60.4 Å². The van der Waals surface area contributed by atoms with Crippen LogP contribution < -0.4 is 9.88 Å². The van der Waals surface area contributed by atoms with Crippen molar-refractivity contribution >= 4 is 39.2 Å². The molecule has 4 rings (SSSR count). The highest BCUT2D eigenvalue weighted by Gasteiger charge is 2.16. The van der Waals surface area contributed by atoms with E-state index in [2.05, 4.69) is 15.3 Å². The van der Waals surface area contributed by atoms with Crippen LogP contribution in [0.3, 0.4) is 0 Å². The molecule has 7 heteroatoms. The average molecular weight is 350 g/mol. The summed E-state index contributed by atoms with van der Waals surface area (Å²) in [5, 5.41) is 23.7. The van der Waals surface area contributed by atoms with Gasteiger partial charge in [-0.05, 0) is 11.5 Å². The summed E-state index contributed by atoms with van der Waals surface area (Å²) in [7, 11) is 1.92. The Balaban J connectivity index is 2.14. The van der Waals surface area contributed by atoms with Crippen molar-refractivity contribution in [1.29, 1.82) is 5.26 Å². The largest absolute Gasteiger partial charge is 0.422 e. The van der Waals surface area contributed by atoms with Crippen LogP contribution in [0.2, 0.25) is 0 Å². The summed E-state index contributed by atoms with van der Waals surface area (Å²) in [4.78, 5) is 13.2. The second-order valence-corrected chi connectivity index (χ2v) is 5.88. The first-order valence-corrected chi connectivity index (χ1v) is 8.09. The first-order chi connectivity index (χ1) is 13.2. The van der Waals surface area contributed by atoms with Gasteiger partial charge in [0.05, 0.1) is 23.0 Å². The lowest BCUT2D eigenvalue weighted by molar-refractivity contribution is -0.671. The predicted octanol–water partition coefficient (Wildman–Crippen LogP) is 3.37. The highest BCUT2D eigenvalue weighted by atomic mass is 14.9. The zero-order valence-electron chi connectivity index (χ0n) is 14.3. The highest BCUT2D eigenvalue weighted by Crippen LogP contribution is 2.40. The van der Waals surface area contributed by atoms with E-state index in [0.717, 1.165) is 5.56 Å². The van der Waals surface area contributed by atoms with E-state index in [4.69, 9.17) is 10.2 Å². The van der Waals surface area contributed by atoms with E-state index in [0.29, 0.717) is 38.9 Å². The van der Waals surface area contributed by atoms with Crippen LogP contribution in [0.5, 0.6) is 0 Å². The zero-order valence-corrected chi connectivity index (χ0v) is 14.3.